The van der Waals surface area contributed by atoms with Crippen molar-refractivity contribution in [2.24, 2.45) is 0 Å². The van der Waals surface area contributed by atoms with E-state index in [-0.39, 0.29) is 26.4 Å². The fourth-order valence-corrected chi connectivity index (χ4v) is 14.4. The number of rotatable bonds is 28. The van der Waals surface area contributed by atoms with Crippen molar-refractivity contribution < 1.29 is 39.4 Å². The van der Waals surface area contributed by atoms with Crippen molar-refractivity contribution in [3.05, 3.63) is 371 Å². The Kier molecular flexibility index (Phi) is 22.9. The van der Waals surface area contributed by atoms with Crippen LogP contribution < -0.4 is 48.3 Å². The molecule has 0 aliphatic heterocycles. The molecule has 14 heteroatoms. The second-order valence-corrected chi connectivity index (χ2v) is 27.5. The largest absolute Gasteiger partial charge is 0.497 e. The second kappa shape index (κ2) is 34.0. The van der Waals surface area contributed by atoms with E-state index >= 15 is 0 Å². The Morgan fingerprint density at radius 2 is 0.387 bits per heavy atom. The van der Waals surface area contributed by atoms with Crippen molar-refractivity contribution in [2.75, 3.05) is 57.8 Å². The third-order valence-electron chi connectivity index (χ3n) is 20.5. The zero-order chi connectivity index (χ0) is 77.1. The third-order valence-corrected chi connectivity index (χ3v) is 20.5. The van der Waals surface area contributed by atoms with E-state index in [1.165, 1.54) is 0 Å². The first kappa shape index (κ1) is 74.8. The molecule has 0 atom stereocenters. The number of aryl methyl sites for hydroxylation is 4. The summed E-state index contributed by atoms with van der Waals surface area (Å²) in [5.74, 6) is 3.13. The van der Waals surface area contributed by atoms with Crippen molar-refractivity contribution in [3.63, 3.8) is 0 Å². The van der Waals surface area contributed by atoms with Crippen LogP contribution in [0.15, 0.2) is 315 Å². The highest BCUT2D eigenvalue weighted by Gasteiger charge is 2.24. The summed E-state index contributed by atoms with van der Waals surface area (Å²) in [5.41, 5.74) is 26.8. The molecule has 4 N–H and O–H groups in total. The van der Waals surface area contributed by atoms with E-state index in [0.29, 0.717) is 6.42 Å². The predicted molar refractivity (Wildman–Crippen MR) is 453 cm³/mol. The molecular formula is C97H90N6O8. The van der Waals surface area contributed by atoms with E-state index in [2.05, 4.69) is 248 Å². The molecule has 14 aromatic carbocycles. The predicted octanol–water partition coefficient (Wildman–Crippen LogP) is 23.3. The fourth-order valence-electron chi connectivity index (χ4n) is 14.4. The van der Waals surface area contributed by atoms with Crippen molar-refractivity contribution in [1.29, 1.82) is 0 Å². The Labute approximate surface area is 650 Å². The lowest BCUT2D eigenvalue weighted by Gasteiger charge is -2.30. The summed E-state index contributed by atoms with van der Waals surface area (Å²) in [6.07, 6.45) is 0.674. The quantitative estimate of drug-likeness (QED) is 0.0370. The van der Waals surface area contributed by atoms with Crippen LogP contribution in [0.4, 0.5) is 102 Å². The Bertz CT molecular complexity index is 4820. The van der Waals surface area contributed by atoms with E-state index in [1.807, 2.05) is 125 Å². The number of aliphatic hydroxyl groups is 4. The molecule has 0 aromatic heterocycles. The standard InChI is InChI=1S/C97H90N6O8/c1-66-57-90(27-17-74(66)64-106)102(88-45-51-94(108-5)52-46-88)86-41-33-82(34-42-86)99(83-35-43-87(44-36-83)103(89-47-53-95(109-6)54-48-89)91-28-18-75(65-107)67(2)58-91)77-21-11-71(12-22-77)61-70-9-19-76(20-10-70)98(80-29-37-84(38-30-80)100(78-23-13-72(62-104)14-24-78)92-49-55-96(110-7)68(3)59-92)81-31-39-85(40-32-81)101(79-25-15-73(63-105)16-26-79)93-50-56-97(111-8)69(4)60-93/h9-60,104-107H,61-65H2,1-8H3. The van der Waals surface area contributed by atoms with Crippen molar-refractivity contribution in [3.8, 4) is 23.0 Å². The number of nitrogens with zero attached hydrogens (tertiary/aromatic N) is 6. The summed E-state index contributed by atoms with van der Waals surface area (Å²) in [6.45, 7) is 7.96. The first-order chi connectivity index (χ1) is 54.2. The van der Waals surface area contributed by atoms with Gasteiger partial charge >= 0.3 is 0 Å². The molecule has 0 saturated heterocycles. The van der Waals surface area contributed by atoms with Crippen LogP contribution in [0.2, 0.25) is 0 Å². The number of methoxy groups -OCH3 is 4. The maximum atomic E-state index is 10.2. The topological polar surface area (TPSA) is 137 Å². The van der Waals surface area contributed by atoms with Gasteiger partial charge in [0.25, 0.3) is 0 Å². The van der Waals surface area contributed by atoms with Crippen LogP contribution >= 0.6 is 0 Å². The number of anilines is 18. The van der Waals surface area contributed by atoms with Gasteiger partial charge in [-0.05, 0) is 345 Å². The zero-order valence-electron chi connectivity index (χ0n) is 63.7. The van der Waals surface area contributed by atoms with Crippen molar-refractivity contribution >= 4 is 102 Å². The summed E-state index contributed by atoms with van der Waals surface area (Å²) >= 11 is 0. The third kappa shape index (κ3) is 16.4. The van der Waals surface area contributed by atoms with E-state index in [0.717, 1.165) is 181 Å². The van der Waals surface area contributed by atoms with E-state index in [4.69, 9.17) is 18.9 Å². The van der Waals surface area contributed by atoms with E-state index < -0.39 is 0 Å². The van der Waals surface area contributed by atoms with Crippen LogP contribution in [0, 0.1) is 27.7 Å². The van der Waals surface area contributed by atoms with Gasteiger partial charge in [0, 0.05) is 102 Å². The molecule has 0 spiro atoms. The maximum absolute atomic E-state index is 10.2. The van der Waals surface area contributed by atoms with Crippen LogP contribution in [-0.2, 0) is 32.8 Å². The Morgan fingerprint density at radius 3 is 0.586 bits per heavy atom. The minimum atomic E-state index is -0.0523. The first-order valence-electron chi connectivity index (χ1n) is 37.0. The first-order valence-corrected chi connectivity index (χ1v) is 37.0. The summed E-state index contributed by atoms with van der Waals surface area (Å²) in [5, 5.41) is 40.4. The molecule has 0 amide bonds. The number of benzene rings is 14. The van der Waals surface area contributed by atoms with Crippen LogP contribution in [0.1, 0.15) is 55.6 Å². The van der Waals surface area contributed by atoms with Gasteiger partial charge in [-0.1, -0.05) is 60.7 Å². The zero-order valence-corrected chi connectivity index (χ0v) is 63.7. The molecule has 556 valence electrons. The van der Waals surface area contributed by atoms with Gasteiger partial charge in [-0.25, -0.2) is 0 Å². The minimum Gasteiger partial charge on any atom is -0.497 e. The Hall–Kier alpha value is -13.1. The van der Waals surface area contributed by atoms with Crippen LogP contribution in [0.5, 0.6) is 23.0 Å². The number of hydrogen-bond donors (Lipinski definition) is 4. The molecule has 0 heterocycles. The van der Waals surface area contributed by atoms with Gasteiger partial charge in [0.1, 0.15) is 23.0 Å². The van der Waals surface area contributed by atoms with Gasteiger partial charge in [-0.3, -0.25) is 0 Å². The van der Waals surface area contributed by atoms with Crippen LogP contribution in [-0.4, -0.2) is 48.9 Å². The monoisotopic (exact) mass is 1470 g/mol. The molecular weight excluding hydrogens is 1380 g/mol. The molecule has 0 fully saturated rings. The number of hydrogen-bond acceptors (Lipinski definition) is 14. The number of ether oxygens (including phenoxy) is 4. The number of aliphatic hydroxyl groups excluding tert-OH is 4. The average molecular weight is 1470 g/mol. The van der Waals surface area contributed by atoms with Gasteiger partial charge < -0.3 is 68.8 Å². The maximum Gasteiger partial charge on any atom is 0.121 e. The lowest BCUT2D eigenvalue weighted by atomic mass is 10.0. The molecule has 0 saturated carbocycles. The van der Waals surface area contributed by atoms with Gasteiger partial charge in [0.05, 0.1) is 54.9 Å². The van der Waals surface area contributed by atoms with Gasteiger partial charge in [-0.2, -0.15) is 0 Å². The molecule has 0 bridgehead atoms. The van der Waals surface area contributed by atoms with Gasteiger partial charge in [-0.15, -0.1) is 0 Å². The second-order valence-electron chi connectivity index (χ2n) is 27.5. The summed E-state index contributed by atoms with van der Waals surface area (Å²) in [7, 11) is 6.72. The smallest absolute Gasteiger partial charge is 0.121 e. The van der Waals surface area contributed by atoms with E-state index in [9.17, 15) is 20.4 Å². The summed E-state index contributed by atoms with van der Waals surface area (Å²) in [4.78, 5) is 13.4. The van der Waals surface area contributed by atoms with E-state index in [1.54, 1.807) is 28.4 Å². The van der Waals surface area contributed by atoms with Crippen LogP contribution in [0.25, 0.3) is 0 Å². The average Bonchev–Trinajstić information content (AvgIpc) is 0.789. The van der Waals surface area contributed by atoms with Crippen molar-refractivity contribution in [1.82, 2.24) is 0 Å². The summed E-state index contributed by atoms with van der Waals surface area (Å²) < 4.78 is 22.6. The lowest BCUT2D eigenvalue weighted by molar-refractivity contribution is 0.281. The highest BCUT2D eigenvalue weighted by molar-refractivity contribution is 5.87. The molecule has 0 aliphatic rings. The summed E-state index contributed by atoms with van der Waals surface area (Å²) in [6, 6.07) is 109. The highest BCUT2D eigenvalue weighted by Crippen LogP contribution is 2.46. The molecule has 14 aromatic rings. The Balaban J connectivity index is 0.815. The normalized spacial score (nSPS) is 11.1. The SMILES string of the molecule is COc1ccc(N(c2ccc(N(c3ccc(Cc4ccc(N(c5ccc(N(c6ccc(CO)cc6)c6ccc(OC)c(C)c6)cc5)c5ccc(N(c6ccc(CO)cc6)c6ccc(OC)c(C)c6)cc5)cc4)cc3)c3ccc(N(c4ccc(OC)cc4)c4ccc(CO)c(C)c4)cc3)cc2)c2ccc(CO)c(C)c2)cc1. The molecule has 14 rings (SSSR count). The van der Waals surface area contributed by atoms with Crippen LogP contribution in [0.3, 0.4) is 0 Å². The lowest BCUT2D eigenvalue weighted by Crippen LogP contribution is -2.13. The van der Waals surface area contributed by atoms with Crippen molar-refractivity contribution in [2.45, 2.75) is 60.5 Å². The fraction of sp³-hybridized carbons (Fsp3) is 0.134. The Morgan fingerprint density at radius 1 is 0.198 bits per heavy atom. The minimum absolute atomic E-state index is 0.0456. The molecule has 0 radical (unpaired) electrons. The molecule has 0 aliphatic carbocycles. The molecule has 0 unspecified atom stereocenters. The molecule has 111 heavy (non-hydrogen) atoms. The highest BCUT2D eigenvalue weighted by atomic mass is 16.5. The van der Waals surface area contributed by atoms with Gasteiger partial charge in [0.2, 0.25) is 0 Å². The molecule has 14 nitrogen and oxygen atoms in total. The van der Waals surface area contributed by atoms with Gasteiger partial charge in [0.15, 0.2) is 0 Å².